The predicted octanol–water partition coefficient (Wildman–Crippen LogP) is 1.91. The molecule has 4 unspecified atom stereocenters. The van der Waals surface area contributed by atoms with Gasteiger partial charge in [0.25, 0.3) is 0 Å². The molecule has 0 radical (unpaired) electrons. The number of carbonyl (C=O) groups is 1. The Kier molecular flexibility index (Phi) is 4.08. The Labute approximate surface area is 105 Å². The van der Waals surface area contributed by atoms with Crippen LogP contribution >= 0.6 is 0 Å². The van der Waals surface area contributed by atoms with Gasteiger partial charge in [-0.15, -0.1) is 0 Å². The van der Waals surface area contributed by atoms with Gasteiger partial charge in [-0.1, -0.05) is 20.3 Å². The third kappa shape index (κ3) is 3.21. The minimum atomic E-state index is -0.325. The van der Waals surface area contributed by atoms with E-state index in [9.17, 15) is 4.79 Å². The van der Waals surface area contributed by atoms with Crippen molar-refractivity contribution in [2.24, 2.45) is 29.4 Å². The highest BCUT2D eigenvalue weighted by atomic mass is 16.2. The van der Waals surface area contributed by atoms with Crippen molar-refractivity contribution in [3.05, 3.63) is 0 Å². The topological polar surface area (TPSA) is 55.1 Å². The quantitative estimate of drug-likeness (QED) is 0.768. The maximum atomic E-state index is 11.8. The van der Waals surface area contributed by atoms with Crippen molar-refractivity contribution < 1.29 is 4.79 Å². The molecule has 3 heteroatoms. The van der Waals surface area contributed by atoms with Gasteiger partial charge in [0.05, 0.1) is 6.04 Å². The lowest BCUT2D eigenvalue weighted by atomic mass is 9.89. The third-order valence-corrected chi connectivity index (χ3v) is 4.49. The Hall–Kier alpha value is -0.570. The first-order valence-electron chi connectivity index (χ1n) is 7.09. The number of hydrogen-bond acceptors (Lipinski definition) is 2. The lowest BCUT2D eigenvalue weighted by molar-refractivity contribution is -0.122. The van der Waals surface area contributed by atoms with Crippen LogP contribution in [0.4, 0.5) is 0 Å². The largest absolute Gasteiger partial charge is 0.354 e. The van der Waals surface area contributed by atoms with Crippen LogP contribution in [0.1, 0.15) is 46.0 Å². The first-order valence-corrected chi connectivity index (χ1v) is 7.09. The molecule has 0 heterocycles. The molecule has 0 saturated heterocycles. The summed E-state index contributed by atoms with van der Waals surface area (Å²) in [4.78, 5) is 11.8. The van der Waals surface area contributed by atoms with Gasteiger partial charge in [0, 0.05) is 6.54 Å². The van der Waals surface area contributed by atoms with E-state index in [-0.39, 0.29) is 11.9 Å². The van der Waals surface area contributed by atoms with Crippen LogP contribution in [0, 0.1) is 23.7 Å². The highest BCUT2D eigenvalue weighted by Gasteiger charge is 2.39. The van der Waals surface area contributed by atoms with Crippen molar-refractivity contribution in [1.82, 2.24) is 5.32 Å². The zero-order valence-corrected chi connectivity index (χ0v) is 11.1. The van der Waals surface area contributed by atoms with E-state index in [1.165, 1.54) is 25.7 Å². The lowest BCUT2D eigenvalue weighted by Crippen LogP contribution is -2.43. The zero-order valence-electron chi connectivity index (χ0n) is 11.1. The van der Waals surface area contributed by atoms with Crippen molar-refractivity contribution in [2.45, 2.75) is 52.0 Å². The van der Waals surface area contributed by atoms with Crippen molar-refractivity contribution in [1.29, 1.82) is 0 Å². The molecule has 1 amide bonds. The monoisotopic (exact) mass is 238 g/mol. The molecular formula is C14H26N2O. The van der Waals surface area contributed by atoms with Crippen LogP contribution in [0.2, 0.25) is 0 Å². The van der Waals surface area contributed by atoms with E-state index in [4.69, 9.17) is 5.73 Å². The molecule has 2 saturated carbocycles. The van der Waals surface area contributed by atoms with E-state index in [1.54, 1.807) is 0 Å². The highest BCUT2D eigenvalue weighted by Crippen LogP contribution is 2.47. The van der Waals surface area contributed by atoms with Gasteiger partial charge in [0.15, 0.2) is 0 Å². The predicted molar refractivity (Wildman–Crippen MR) is 69.4 cm³/mol. The first kappa shape index (κ1) is 12.9. The maximum absolute atomic E-state index is 11.8. The normalized spacial score (nSPS) is 33.1. The van der Waals surface area contributed by atoms with E-state index in [2.05, 4.69) is 19.2 Å². The molecule has 4 atom stereocenters. The average molecular weight is 238 g/mol. The van der Waals surface area contributed by atoms with Gasteiger partial charge in [-0.25, -0.2) is 0 Å². The van der Waals surface area contributed by atoms with E-state index in [0.717, 1.165) is 30.7 Å². The summed E-state index contributed by atoms with van der Waals surface area (Å²) in [5.41, 5.74) is 5.87. The summed E-state index contributed by atoms with van der Waals surface area (Å²) >= 11 is 0. The summed E-state index contributed by atoms with van der Waals surface area (Å²) in [5.74, 6) is 3.08. The summed E-state index contributed by atoms with van der Waals surface area (Å²) in [5, 5.41) is 3.05. The van der Waals surface area contributed by atoms with Crippen LogP contribution in [-0.4, -0.2) is 18.5 Å². The molecule has 2 aliphatic rings. The summed E-state index contributed by atoms with van der Waals surface area (Å²) < 4.78 is 0. The second kappa shape index (κ2) is 5.38. The second-order valence-corrected chi connectivity index (χ2v) is 6.42. The molecule has 2 bridgehead atoms. The van der Waals surface area contributed by atoms with Gasteiger partial charge >= 0.3 is 0 Å². The zero-order chi connectivity index (χ0) is 12.4. The standard InChI is InChI=1S/C14H26N2O/c1-9(2)5-13(15)14(17)16-8-12-7-10-3-4-11(12)6-10/h9-13H,3-8,15H2,1-2H3,(H,16,17). The summed E-state index contributed by atoms with van der Waals surface area (Å²) in [7, 11) is 0. The summed E-state index contributed by atoms with van der Waals surface area (Å²) in [6.45, 7) is 5.05. The molecule has 3 nitrogen and oxygen atoms in total. The molecule has 2 aliphatic carbocycles. The number of nitrogens with two attached hydrogens (primary N) is 1. The van der Waals surface area contributed by atoms with Gasteiger partial charge in [0.1, 0.15) is 0 Å². The van der Waals surface area contributed by atoms with E-state index < -0.39 is 0 Å². The average Bonchev–Trinajstić information content (AvgIpc) is 2.86. The minimum absolute atomic E-state index is 0.0430. The van der Waals surface area contributed by atoms with Crippen LogP contribution in [-0.2, 0) is 4.79 Å². The molecule has 0 aliphatic heterocycles. The molecule has 17 heavy (non-hydrogen) atoms. The van der Waals surface area contributed by atoms with Crippen molar-refractivity contribution in [2.75, 3.05) is 6.54 Å². The van der Waals surface area contributed by atoms with Gasteiger partial charge in [-0.3, -0.25) is 4.79 Å². The number of amides is 1. The Morgan fingerprint density at radius 1 is 1.35 bits per heavy atom. The minimum Gasteiger partial charge on any atom is -0.354 e. The molecule has 0 aromatic rings. The summed E-state index contributed by atoms with van der Waals surface area (Å²) in [6.07, 6.45) is 6.30. The van der Waals surface area contributed by atoms with Crippen LogP contribution < -0.4 is 11.1 Å². The number of carbonyl (C=O) groups excluding carboxylic acids is 1. The van der Waals surface area contributed by atoms with E-state index >= 15 is 0 Å². The molecule has 0 aromatic heterocycles. The van der Waals surface area contributed by atoms with Gasteiger partial charge in [-0.05, 0) is 49.4 Å². The molecular weight excluding hydrogens is 212 g/mol. The fourth-order valence-corrected chi connectivity index (χ4v) is 3.60. The van der Waals surface area contributed by atoms with Crippen LogP contribution in [0.5, 0.6) is 0 Å². The number of nitrogens with one attached hydrogen (secondary N) is 1. The number of fused-ring (bicyclic) bond motifs is 2. The fourth-order valence-electron chi connectivity index (χ4n) is 3.60. The number of hydrogen-bond donors (Lipinski definition) is 2. The van der Waals surface area contributed by atoms with Gasteiger partial charge in [-0.2, -0.15) is 0 Å². The van der Waals surface area contributed by atoms with Gasteiger partial charge in [0.2, 0.25) is 5.91 Å². The molecule has 2 rings (SSSR count). The Bertz CT molecular complexity index is 277. The SMILES string of the molecule is CC(C)CC(N)C(=O)NCC1CC2CCC1C2. The fraction of sp³-hybridized carbons (Fsp3) is 0.929. The molecule has 98 valence electrons. The Balaban J connectivity index is 1.69. The second-order valence-electron chi connectivity index (χ2n) is 6.42. The first-order chi connectivity index (χ1) is 8.06. The highest BCUT2D eigenvalue weighted by molar-refractivity contribution is 5.81. The van der Waals surface area contributed by atoms with E-state index in [0.29, 0.717) is 5.92 Å². The van der Waals surface area contributed by atoms with Crippen LogP contribution in [0.15, 0.2) is 0 Å². The van der Waals surface area contributed by atoms with Crippen LogP contribution in [0.25, 0.3) is 0 Å². The molecule has 3 N–H and O–H groups in total. The van der Waals surface area contributed by atoms with Crippen molar-refractivity contribution in [3.8, 4) is 0 Å². The number of rotatable bonds is 5. The molecule has 0 aromatic carbocycles. The third-order valence-electron chi connectivity index (χ3n) is 4.49. The summed E-state index contributed by atoms with van der Waals surface area (Å²) in [6, 6.07) is -0.325. The van der Waals surface area contributed by atoms with E-state index in [1.807, 2.05) is 0 Å². The molecule has 2 fully saturated rings. The lowest BCUT2D eigenvalue weighted by Gasteiger charge is -2.23. The van der Waals surface area contributed by atoms with Gasteiger partial charge < -0.3 is 11.1 Å². The Morgan fingerprint density at radius 3 is 2.65 bits per heavy atom. The smallest absolute Gasteiger partial charge is 0.236 e. The van der Waals surface area contributed by atoms with Crippen LogP contribution in [0.3, 0.4) is 0 Å². The Morgan fingerprint density at radius 2 is 2.12 bits per heavy atom. The van der Waals surface area contributed by atoms with Crippen molar-refractivity contribution in [3.63, 3.8) is 0 Å². The van der Waals surface area contributed by atoms with Crippen molar-refractivity contribution >= 4 is 5.91 Å². The maximum Gasteiger partial charge on any atom is 0.236 e. The molecule has 0 spiro atoms.